The summed E-state index contributed by atoms with van der Waals surface area (Å²) in [5.74, 6) is 0.205. The predicted octanol–water partition coefficient (Wildman–Crippen LogP) is 6.89. The lowest BCUT2D eigenvalue weighted by Gasteiger charge is -2.12. The summed E-state index contributed by atoms with van der Waals surface area (Å²) in [5.41, 5.74) is 4.65. The van der Waals surface area contributed by atoms with Crippen molar-refractivity contribution in [1.29, 1.82) is 0 Å². The van der Waals surface area contributed by atoms with E-state index < -0.39 is 0 Å². The van der Waals surface area contributed by atoms with Crippen LogP contribution in [0, 0.1) is 13.8 Å². The average Bonchev–Trinajstić information content (AvgIpc) is 2.71. The quantitative estimate of drug-likeness (QED) is 0.401. The van der Waals surface area contributed by atoms with Gasteiger partial charge in [-0.05, 0) is 66.9 Å². The average molecular weight is 464 g/mol. The van der Waals surface area contributed by atoms with Crippen molar-refractivity contribution in [2.75, 3.05) is 17.2 Å². The Labute approximate surface area is 191 Å². The number of nitrogens with one attached hydrogen (secondary N) is 2. The number of hydrogen-bond acceptors (Lipinski definition) is 3. The Morgan fingerprint density at radius 2 is 1.70 bits per heavy atom. The van der Waals surface area contributed by atoms with Crippen molar-refractivity contribution in [3.05, 3.63) is 86.4 Å². The van der Waals surface area contributed by atoms with E-state index >= 15 is 0 Å². The fraction of sp³-hybridized carbons (Fsp3) is 0.174. The van der Waals surface area contributed by atoms with E-state index in [-0.39, 0.29) is 12.5 Å². The highest BCUT2D eigenvalue weighted by Gasteiger charge is 2.09. The lowest BCUT2D eigenvalue weighted by molar-refractivity contribution is -0.118. The summed E-state index contributed by atoms with van der Waals surface area (Å²) >= 11 is 18.3. The van der Waals surface area contributed by atoms with Crippen LogP contribution in [-0.2, 0) is 11.3 Å². The molecule has 1 amide bonds. The molecular weight excluding hydrogens is 443 g/mol. The standard InChI is InChI=1S/C23H21Cl3N2O2/c1-14-3-4-15(2)21(9-14)28-23(29)13-30-22-8-5-16(10-20(22)26)12-27-17-6-7-18(24)19(25)11-17/h3-11,27H,12-13H2,1-2H3,(H,28,29). The normalized spacial score (nSPS) is 10.6. The van der Waals surface area contributed by atoms with Gasteiger partial charge in [0.15, 0.2) is 6.61 Å². The fourth-order valence-electron chi connectivity index (χ4n) is 2.78. The molecule has 3 aromatic carbocycles. The van der Waals surface area contributed by atoms with Crippen molar-refractivity contribution in [1.82, 2.24) is 0 Å². The maximum absolute atomic E-state index is 12.2. The van der Waals surface area contributed by atoms with Crippen molar-refractivity contribution < 1.29 is 9.53 Å². The summed E-state index contributed by atoms with van der Waals surface area (Å²) in [5, 5.41) is 7.55. The van der Waals surface area contributed by atoms with Crippen molar-refractivity contribution >= 4 is 52.1 Å². The van der Waals surface area contributed by atoms with E-state index in [1.165, 1.54) is 0 Å². The van der Waals surface area contributed by atoms with E-state index in [0.717, 1.165) is 28.1 Å². The number of halogens is 3. The molecule has 0 radical (unpaired) electrons. The molecule has 0 atom stereocenters. The molecule has 7 heteroatoms. The number of amides is 1. The zero-order chi connectivity index (χ0) is 21.7. The SMILES string of the molecule is Cc1ccc(C)c(NC(=O)COc2ccc(CNc3ccc(Cl)c(Cl)c3)cc2Cl)c1. The first-order valence-electron chi connectivity index (χ1n) is 9.29. The van der Waals surface area contributed by atoms with Crippen LogP contribution in [0.3, 0.4) is 0 Å². The van der Waals surface area contributed by atoms with Crippen LogP contribution in [0.1, 0.15) is 16.7 Å². The molecule has 0 saturated carbocycles. The van der Waals surface area contributed by atoms with Crippen molar-refractivity contribution in [3.8, 4) is 5.75 Å². The number of carbonyl (C=O) groups is 1. The second-order valence-corrected chi connectivity index (χ2v) is 8.12. The van der Waals surface area contributed by atoms with E-state index in [0.29, 0.717) is 27.4 Å². The molecule has 0 saturated heterocycles. The maximum atomic E-state index is 12.2. The summed E-state index contributed by atoms with van der Waals surface area (Å²) in [6.07, 6.45) is 0. The zero-order valence-corrected chi connectivity index (χ0v) is 18.8. The predicted molar refractivity (Wildman–Crippen MR) is 125 cm³/mol. The fourth-order valence-corrected chi connectivity index (χ4v) is 3.34. The number of aryl methyl sites for hydroxylation is 2. The van der Waals surface area contributed by atoms with Crippen molar-refractivity contribution in [2.24, 2.45) is 0 Å². The molecular formula is C23H21Cl3N2O2. The van der Waals surface area contributed by atoms with Crippen LogP contribution < -0.4 is 15.4 Å². The van der Waals surface area contributed by atoms with E-state index in [1.54, 1.807) is 24.3 Å². The van der Waals surface area contributed by atoms with E-state index in [4.69, 9.17) is 39.5 Å². The van der Waals surface area contributed by atoms with Crippen LogP contribution in [0.25, 0.3) is 0 Å². The van der Waals surface area contributed by atoms with Gasteiger partial charge in [0.05, 0.1) is 15.1 Å². The Morgan fingerprint density at radius 1 is 0.900 bits per heavy atom. The van der Waals surface area contributed by atoms with Crippen molar-refractivity contribution in [3.63, 3.8) is 0 Å². The van der Waals surface area contributed by atoms with Gasteiger partial charge in [0.1, 0.15) is 5.75 Å². The highest BCUT2D eigenvalue weighted by Crippen LogP contribution is 2.28. The van der Waals surface area contributed by atoms with Gasteiger partial charge in [-0.3, -0.25) is 4.79 Å². The summed E-state index contributed by atoms with van der Waals surface area (Å²) in [7, 11) is 0. The number of anilines is 2. The van der Waals surface area contributed by atoms with Crippen LogP contribution in [0.2, 0.25) is 15.1 Å². The van der Waals surface area contributed by atoms with E-state index in [1.807, 2.05) is 44.2 Å². The molecule has 3 rings (SSSR count). The van der Waals surface area contributed by atoms with Crippen LogP contribution >= 0.6 is 34.8 Å². The molecule has 2 N–H and O–H groups in total. The van der Waals surface area contributed by atoms with Gasteiger partial charge < -0.3 is 15.4 Å². The van der Waals surface area contributed by atoms with Gasteiger partial charge in [-0.15, -0.1) is 0 Å². The summed E-state index contributed by atoms with van der Waals surface area (Å²) in [6.45, 7) is 4.33. The van der Waals surface area contributed by atoms with Crippen LogP contribution in [0.15, 0.2) is 54.6 Å². The molecule has 0 spiro atoms. The summed E-state index contributed by atoms with van der Waals surface area (Å²) < 4.78 is 5.59. The first kappa shape index (κ1) is 22.3. The van der Waals surface area contributed by atoms with Gasteiger partial charge in [0.2, 0.25) is 0 Å². The van der Waals surface area contributed by atoms with Gasteiger partial charge in [-0.25, -0.2) is 0 Å². The maximum Gasteiger partial charge on any atom is 0.262 e. The molecule has 30 heavy (non-hydrogen) atoms. The molecule has 4 nitrogen and oxygen atoms in total. The third-order valence-corrected chi connectivity index (χ3v) is 5.47. The Bertz CT molecular complexity index is 1070. The second-order valence-electron chi connectivity index (χ2n) is 6.90. The van der Waals surface area contributed by atoms with E-state index in [9.17, 15) is 4.79 Å². The minimum atomic E-state index is -0.245. The Hall–Kier alpha value is -2.40. The molecule has 3 aromatic rings. The molecule has 156 valence electrons. The Kier molecular flexibility index (Phi) is 7.48. The minimum Gasteiger partial charge on any atom is -0.482 e. The zero-order valence-electron chi connectivity index (χ0n) is 16.6. The number of hydrogen-bond donors (Lipinski definition) is 2. The van der Waals surface area contributed by atoms with Gasteiger partial charge in [-0.2, -0.15) is 0 Å². The second kappa shape index (κ2) is 10.1. The van der Waals surface area contributed by atoms with Crippen LogP contribution in [0.4, 0.5) is 11.4 Å². The Morgan fingerprint density at radius 3 is 2.43 bits per heavy atom. The summed E-state index contributed by atoms with van der Waals surface area (Å²) in [6, 6.07) is 16.7. The van der Waals surface area contributed by atoms with Crippen LogP contribution in [-0.4, -0.2) is 12.5 Å². The monoisotopic (exact) mass is 462 g/mol. The highest BCUT2D eigenvalue weighted by atomic mass is 35.5. The molecule has 0 heterocycles. The minimum absolute atomic E-state index is 0.131. The van der Waals surface area contributed by atoms with Crippen LogP contribution in [0.5, 0.6) is 5.75 Å². The summed E-state index contributed by atoms with van der Waals surface area (Å²) in [4.78, 5) is 12.2. The number of benzene rings is 3. The van der Waals surface area contributed by atoms with Crippen molar-refractivity contribution in [2.45, 2.75) is 20.4 Å². The van der Waals surface area contributed by atoms with Gasteiger partial charge in [-0.1, -0.05) is 53.0 Å². The van der Waals surface area contributed by atoms with E-state index in [2.05, 4.69) is 10.6 Å². The first-order chi connectivity index (χ1) is 14.3. The molecule has 0 aliphatic carbocycles. The largest absolute Gasteiger partial charge is 0.482 e. The molecule has 0 aliphatic rings. The lowest BCUT2D eigenvalue weighted by Crippen LogP contribution is -2.20. The number of carbonyl (C=O) groups excluding carboxylic acids is 1. The number of ether oxygens (including phenoxy) is 1. The molecule has 0 fully saturated rings. The third kappa shape index (κ3) is 6.05. The smallest absolute Gasteiger partial charge is 0.262 e. The molecule has 0 aliphatic heterocycles. The lowest BCUT2D eigenvalue weighted by atomic mass is 10.1. The van der Waals surface area contributed by atoms with Gasteiger partial charge in [0.25, 0.3) is 5.91 Å². The topological polar surface area (TPSA) is 50.4 Å². The molecule has 0 aromatic heterocycles. The van der Waals surface area contributed by atoms with Gasteiger partial charge >= 0.3 is 0 Å². The third-order valence-electron chi connectivity index (χ3n) is 4.44. The first-order valence-corrected chi connectivity index (χ1v) is 10.4. The number of rotatable bonds is 7. The van der Waals surface area contributed by atoms with Gasteiger partial charge in [0, 0.05) is 17.9 Å². The molecule has 0 bridgehead atoms. The Balaban J connectivity index is 1.55. The molecule has 0 unspecified atom stereocenters. The highest BCUT2D eigenvalue weighted by molar-refractivity contribution is 6.42.